The minimum atomic E-state index is -0.634. The molecule has 0 aromatic rings. The second-order valence-corrected chi connectivity index (χ2v) is 5.39. The first-order valence-corrected chi connectivity index (χ1v) is 6.10. The summed E-state index contributed by atoms with van der Waals surface area (Å²) in [6.45, 7) is 7.33. The van der Waals surface area contributed by atoms with E-state index in [0.29, 0.717) is 12.6 Å². The molecule has 2 fully saturated rings. The van der Waals surface area contributed by atoms with Gasteiger partial charge in [-0.1, -0.05) is 0 Å². The molecule has 2 heterocycles. The highest BCUT2D eigenvalue weighted by atomic mass is 16.5. The van der Waals surface area contributed by atoms with Crippen LogP contribution in [0.2, 0.25) is 0 Å². The molecule has 1 spiro atoms. The molecule has 0 aliphatic carbocycles. The van der Waals surface area contributed by atoms with Crippen molar-refractivity contribution in [3.8, 4) is 0 Å². The first-order chi connectivity index (χ1) is 7.55. The maximum absolute atomic E-state index is 11.4. The van der Waals surface area contributed by atoms with Crippen LogP contribution >= 0.6 is 0 Å². The average Bonchev–Trinajstić information content (AvgIpc) is 2.59. The summed E-state index contributed by atoms with van der Waals surface area (Å²) < 4.78 is 5.37. The number of hydrogen-bond donors (Lipinski definition) is 1. The van der Waals surface area contributed by atoms with Gasteiger partial charge in [-0.05, 0) is 26.7 Å². The monoisotopic (exact) mass is 227 g/mol. The lowest BCUT2D eigenvalue weighted by Crippen LogP contribution is -2.40. The van der Waals surface area contributed by atoms with Gasteiger partial charge in [0.05, 0.1) is 5.92 Å². The van der Waals surface area contributed by atoms with E-state index in [4.69, 9.17) is 4.74 Å². The first-order valence-electron chi connectivity index (χ1n) is 6.10. The van der Waals surface area contributed by atoms with Crippen LogP contribution in [0.4, 0.5) is 0 Å². The van der Waals surface area contributed by atoms with Crippen LogP contribution in [0.5, 0.6) is 0 Å². The van der Waals surface area contributed by atoms with Gasteiger partial charge in [0.25, 0.3) is 0 Å². The maximum Gasteiger partial charge on any atom is 0.308 e. The summed E-state index contributed by atoms with van der Waals surface area (Å²) in [5, 5.41) is 9.36. The van der Waals surface area contributed by atoms with Crippen LogP contribution in [0.3, 0.4) is 0 Å². The molecule has 2 saturated heterocycles. The summed E-state index contributed by atoms with van der Waals surface area (Å²) >= 11 is 0. The Balaban J connectivity index is 2.17. The van der Waals surface area contributed by atoms with E-state index in [1.165, 1.54) is 0 Å². The molecule has 0 bridgehead atoms. The molecule has 4 heteroatoms. The van der Waals surface area contributed by atoms with Crippen LogP contribution in [0.25, 0.3) is 0 Å². The quantitative estimate of drug-likeness (QED) is 0.770. The van der Waals surface area contributed by atoms with Crippen LogP contribution in [0.1, 0.15) is 26.7 Å². The highest BCUT2D eigenvalue weighted by molar-refractivity contribution is 5.72. The van der Waals surface area contributed by atoms with Crippen molar-refractivity contribution in [3.05, 3.63) is 0 Å². The molecule has 0 aromatic heterocycles. The Morgan fingerprint density at radius 3 is 2.56 bits per heavy atom. The third-order valence-corrected chi connectivity index (χ3v) is 4.19. The van der Waals surface area contributed by atoms with E-state index in [0.717, 1.165) is 32.6 Å². The Kier molecular flexibility index (Phi) is 3.22. The third-order valence-electron chi connectivity index (χ3n) is 4.19. The molecule has 16 heavy (non-hydrogen) atoms. The molecule has 2 rings (SSSR count). The lowest BCUT2D eigenvalue weighted by molar-refractivity contribution is -0.146. The summed E-state index contributed by atoms with van der Waals surface area (Å²) in [5.41, 5.74) is -0.0334. The van der Waals surface area contributed by atoms with Crippen molar-refractivity contribution in [2.24, 2.45) is 11.3 Å². The zero-order valence-electron chi connectivity index (χ0n) is 10.1. The van der Waals surface area contributed by atoms with Gasteiger partial charge >= 0.3 is 5.97 Å². The van der Waals surface area contributed by atoms with Crippen molar-refractivity contribution in [2.75, 3.05) is 26.3 Å². The molecule has 1 N–H and O–H groups in total. The van der Waals surface area contributed by atoms with Gasteiger partial charge in [0, 0.05) is 37.8 Å². The predicted molar refractivity (Wildman–Crippen MR) is 60.3 cm³/mol. The fourth-order valence-electron chi connectivity index (χ4n) is 3.03. The van der Waals surface area contributed by atoms with Crippen molar-refractivity contribution in [1.82, 2.24) is 4.90 Å². The lowest BCUT2D eigenvalue weighted by Gasteiger charge is -2.36. The summed E-state index contributed by atoms with van der Waals surface area (Å²) in [5.74, 6) is -0.844. The maximum atomic E-state index is 11.4. The van der Waals surface area contributed by atoms with E-state index in [-0.39, 0.29) is 11.3 Å². The molecular weight excluding hydrogens is 206 g/mol. The van der Waals surface area contributed by atoms with E-state index in [2.05, 4.69) is 18.7 Å². The van der Waals surface area contributed by atoms with Gasteiger partial charge < -0.3 is 9.84 Å². The molecular formula is C12H21NO3. The molecule has 92 valence electrons. The number of rotatable bonds is 2. The Hall–Kier alpha value is -0.610. The van der Waals surface area contributed by atoms with E-state index in [9.17, 15) is 9.90 Å². The smallest absolute Gasteiger partial charge is 0.308 e. The number of carboxylic acids is 1. The molecule has 2 aliphatic rings. The van der Waals surface area contributed by atoms with E-state index >= 15 is 0 Å². The third kappa shape index (κ3) is 1.96. The number of aliphatic carboxylic acids is 1. The van der Waals surface area contributed by atoms with Crippen molar-refractivity contribution in [3.63, 3.8) is 0 Å². The van der Waals surface area contributed by atoms with Crippen molar-refractivity contribution < 1.29 is 14.6 Å². The second-order valence-electron chi connectivity index (χ2n) is 5.39. The Labute approximate surface area is 96.6 Å². The summed E-state index contributed by atoms with van der Waals surface area (Å²) in [7, 11) is 0. The summed E-state index contributed by atoms with van der Waals surface area (Å²) in [6.07, 6.45) is 1.79. The van der Waals surface area contributed by atoms with E-state index in [1.54, 1.807) is 0 Å². The molecule has 0 aromatic carbocycles. The van der Waals surface area contributed by atoms with Crippen LogP contribution in [0, 0.1) is 11.3 Å². The normalized spacial score (nSPS) is 30.1. The van der Waals surface area contributed by atoms with Gasteiger partial charge in [-0.25, -0.2) is 0 Å². The van der Waals surface area contributed by atoms with Gasteiger partial charge in [0.1, 0.15) is 0 Å². The minimum absolute atomic E-state index is 0.0334. The SMILES string of the molecule is CC(C)N1C[C@H](C(=O)O)C2(CCOCC2)C1. The number of hydrogen-bond acceptors (Lipinski definition) is 3. The molecule has 0 unspecified atom stereocenters. The van der Waals surface area contributed by atoms with Gasteiger partial charge in [-0.15, -0.1) is 0 Å². The van der Waals surface area contributed by atoms with Crippen LogP contribution < -0.4 is 0 Å². The lowest BCUT2D eigenvalue weighted by atomic mass is 9.72. The van der Waals surface area contributed by atoms with Gasteiger partial charge in [0.2, 0.25) is 0 Å². The number of likely N-dealkylation sites (tertiary alicyclic amines) is 1. The predicted octanol–water partition coefficient (Wildman–Crippen LogP) is 1.21. The highest BCUT2D eigenvalue weighted by Gasteiger charge is 2.51. The van der Waals surface area contributed by atoms with Crippen molar-refractivity contribution in [2.45, 2.75) is 32.7 Å². The summed E-state index contributed by atoms with van der Waals surface area (Å²) in [4.78, 5) is 13.7. The van der Waals surface area contributed by atoms with E-state index in [1.807, 2.05) is 0 Å². The number of carboxylic acid groups (broad SMARTS) is 1. The molecule has 4 nitrogen and oxygen atoms in total. The topological polar surface area (TPSA) is 49.8 Å². The van der Waals surface area contributed by atoms with Gasteiger partial charge in [-0.3, -0.25) is 9.69 Å². The van der Waals surface area contributed by atoms with Crippen molar-refractivity contribution >= 4 is 5.97 Å². The number of carbonyl (C=O) groups is 1. The molecule has 2 aliphatic heterocycles. The van der Waals surface area contributed by atoms with Crippen LogP contribution in [-0.4, -0.2) is 48.3 Å². The zero-order valence-corrected chi connectivity index (χ0v) is 10.1. The first kappa shape index (κ1) is 11.9. The number of nitrogens with zero attached hydrogens (tertiary/aromatic N) is 1. The van der Waals surface area contributed by atoms with Crippen LogP contribution in [0.15, 0.2) is 0 Å². The zero-order chi connectivity index (χ0) is 11.8. The van der Waals surface area contributed by atoms with Crippen LogP contribution in [-0.2, 0) is 9.53 Å². The molecule has 1 atom stereocenters. The highest BCUT2D eigenvalue weighted by Crippen LogP contribution is 2.44. The molecule has 0 amide bonds. The Morgan fingerprint density at radius 1 is 1.44 bits per heavy atom. The Bertz CT molecular complexity index is 271. The van der Waals surface area contributed by atoms with E-state index < -0.39 is 5.97 Å². The average molecular weight is 227 g/mol. The largest absolute Gasteiger partial charge is 0.481 e. The minimum Gasteiger partial charge on any atom is -0.481 e. The van der Waals surface area contributed by atoms with Crippen molar-refractivity contribution in [1.29, 1.82) is 0 Å². The molecule has 0 saturated carbocycles. The summed E-state index contributed by atoms with van der Waals surface area (Å²) in [6, 6.07) is 0.434. The fourth-order valence-corrected chi connectivity index (χ4v) is 3.03. The Morgan fingerprint density at radius 2 is 2.06 bits per heavy atom. The number of ether oxygens (including phenoxy) is 1. The van der Waals surface area contributed by atoms with Gasteiger partial charge in [-0.2, -0.15) is 0 Å². The second kappa shape index (κ2) is 4.34. The fraction of sp³-hybridized carbons (Fsp3) is 0.917. The van der Waals surface area contributed by atoms with Gasteiger partial charge in [0.15, 0.2) is 0 Å². The standard InChI is InChI=1S/C12H21NO3/c1-9(2)13-7-10(11(14)15)12(8-13)3-5-16-6-4-12/h9-10H,3-8H2,1-2H3,(H,14,15)/t10-/m1/s1. The molecule has 0 radical (unpaired) electrons.